The molecule has 2 nitrogen and oxygen atoms in total. The van der Waals surface area contributed by atoms with Gasteiger partial charge in [0.15, 0.2) is 0 Å². The summed E-state index contributed by atoms with van der Waals surface area (Å²) < 4.78 is 0. The molecule has 0 aliphatic rings. The highest BCUT2D eigenvalue weighted by Crippen LogP contribution is 2.15. The summed E-state index contributed by atoms with van der Waals surface area (Å²) in [5.41, 5.74) is 9.44. The van der Waals surface area contributed by atoms with Crippen LogP contribution in [0.1, 0.15) is 21.8 Å². The Labute approximate surface area is 107 Å². The molecule has 0 spiro atoms. The lowest BCUT2D eigenvalue weighted by molar-refractivity contribution is 0.889. The lowest BCUT2D eigenvalue weighted by Crippen LogP contribution is -2.03. The Bertz CT molecular complexity index is 477. The number of nitrogens with zero attached hydrogens (tertiary/aromatic N) is 1. The molecule has 1 aromatic heterocycles. The zero-order valence-electron chi connectivity index (χ0n) is 10.1. The van der Waals surface area contributed by atoms with Crippen LogP contribution in [-0.2, 0) is 19.3 Å². The van der Waals surface area contributed by atoms with Gasteiger partial charge in [-0.15, -0.1) is 11.3 Å². The lowest BCUT2D eigenvalue weighted by atomic mass is 10.0. The summed E-state index contributed by atoms with van der Waals surface area (Å²) in [5.74, 6) is 0. The summed E-state index contributed by atoms with van der Waals surface area (Å²) in [4.78, 5) is 4.58. The predicted molar refractivity (Wildman–Crippen MR) is 73.5 cm³/mol. The number of aromatic nitrogens is 1. The van der Waals surface area contributed by atoms with Gasteiger partial charge in [0.1, 0.15) is 0 Å². The van der Waals surface area contributed by atoms with Gasteiger partial charge in [-0.2, -0.15) is 0 Å². The molecular weight excluding hydrogens is 228 g/mol. The van der Waals surface area contributed by atoms with Crippen molar-refractivity contribution < 1.29 is 0 Å². The summed E-state index contributed by atoms with van der Waals surface area (Å²) in [5, 5.41) is 3.34. The second-order valence-electron chi connectivity index (χ2n) is 4.20. The molecule has 1 heterocycles. The van der Waals surface area contributed by atoms with Crippen molar-refractivity contribution in [3.05, 3.63) is 51.5 Å². The molecule has 2 rings (SSSR count). The van der Waals surface area contributed by atoms with Gasteiger partial charge in [-0.25, -0.2) is 4.98 Å². The van der Waals surface area contributed by atoms with E-state index in [1.54, 1.807) is 11.3 Å². The quantitative estimate of drug-likeness (QED) is 0.881. The van der Waals surface area contributed by atoms with Crippen LogP contribution in [0.5, 0.6) is 0 Å². The molecule has 0 radical (unpaired) electrons. The van der Waals surface area contributed by atoms with Gasteiger partial charge in [-0.1, -0.05) is 24.3 Å². The van der Waals surface area contributed by atoms with Crippen LogP contribution in [-0.4, -0.2) is 11.5 Å². The highest BCUT2D eigenvalue weighted by atomic mass is 32.1. The number of aryl methyl sites for hydroxylation is 3. The molecule has 0 amide bonds. The molecule has 0 saturated carbocycles. The van der Waals surface area contributed by atoms with Crippen LogP contribution in [0.4, 0.5) is 0 Å². The third kappa shape index (κ3) is 3.38. The highest BCUT2D eigenvalue weighted by Gasteiger charge is 2.03. The van der Waals surface area contributed by atoms with Crippen LogP contribution in [0.2, 0.25) is 0 Å². The third-order valence-corrected chi connectivity index (χ3v) is 3.83. The fraction of sp³-hybridized carbons (Fsp3) is 0.357. The molecule has 17 heavy (non-hydrogen) atoms. The molecule has 0 aliphatic heterocycles. The smallest absolute Gasteiger partial charge is 0.0931 e. The zero-order chi connectivity index (χ0) is 12.1. The molecule has 2 N–H and O–H groups in total. The van der Waals surface area contributed by atoms with Gasteiger partial charge < -0.3 is 5.73 Å². The summed E-state index contributed by atoms with van der Waals surface area (Å²) in [6, 6.07) is 8.55. The van der Waals surface area contributed by atoms with Crippen LogP contribution < -0.4 is 5.73 Å². The maximum absolute atomic E-state index is 5.52. The van der Waals surface area contributed by atoms with Crippen molar-refractivity contribution >= 4 is 11.3 Å². The van der Waals surface area contributed by atoms with Crippen LogP contribution in [0.3, 0.4) is 0 Å². The molecule has 3 heteroatoms. The monoisotopic (exact) mass is 246 g/mol. The normalized spacial score (nSPS) is 10.7. The molecule has 0 saturated heterocycles. The Balaban J connectivity index is 1.95. The molecule has 0 unspecified atom stereocenters. The number of rotatable bonds is 5. The van der Waals surface area contributed by atoms with E-state index >= 15 is 0 Å². The Morgan fingerprint density at radius 1 is 1.18 bits per heavy atom. The van der Waals surface area contributed by atoms with E-state index < -0.39 is 0 Å². The van der Waals surface area contributed by atoms with Gasteiger partial charge in [-0.3, -0.25) is 0 Å². The van der Waals surface area contributed by atoms with Crippen molar-refractivity contribution in [1.29, 1.82) is 0 Å². The summed E-state index contributed by atoms with van der Waals surface area (Å²) >= 11 is 1.75. The molecule has 0 aliphatic carbocycles. The molecular formula is C14H18N2S. The number of hydrogen-bond acceptors (Lipinski definition) is 3. The Morgan fingerprint density at radius 2 is 2.00 bits per heavy atom. The van der Waals surface area contributed by atoms with E-state index in [9.17, 15) is 0 Å². The van der Waals surface area contributed by atoms with Gasteiger partial charge in [0.05, 0.1) is 10.7 Å². The number of benzene rings is 1. The topological polar surface area (TPSA) is 38.9 Å². The Hall–Kier alpha value is -1.19. The van der Waals surface area contributed by atoms with E-state index in [4.69, 9.17) is 5.73 Å². The number of thiazole rings is 1. The van der Waals surface area contributed by atoms with E-state index in [1.165, 1.54) is 16.1 Å². The maximum Gasteiger partial charge on any atom is 0.0931 e. The molecule has 90 valence electrons. The lowest BCUT2D eigenvalue weighted by Gasteiger charge is -2.03. The predicted octanol–water partition coefficient (Wildman–Crippen LogP) is 2.74. The standard InChI is InChI=1S/C14H18N2S/c1-11-4-2-3-5-12(11)6-7-14-16-13(8-9-15)10-17-14/h2-5,10H,6-9,15H2,1H3. The van der Waals surface area contributed by atoms with Crippen LogP contribution in [0, 0.1) is 6.92 Å². The van der Waals surface area contributed by atoms with Crippen molar-refractivity contribution in [3.63, 3.8) is 0 Å². The fourth-order valence-corrected chi connectivity index (χ4v) is 2.69. The van der Waals surface area contributed by atoms with Crippen LogP contribution in [0.25, 0.3) is 0 Å². The first-order chi connectivity index (χ1) is 8.29. The first-order valence-electron chi connectivity index (χ1n) is 5.97. The van der Waals surface area contributed by atoms with Crippen molar-refractivity contribution in [2.45, 2.75) is 26.2 Å². The van der Waals surface area contributed by atoms with Gasteiger partial charge in [-0.05, 0) is 31.0 Å². The summed E-state index contributed by atoms with van der Waals surface area (Å²) in [6.45, 7) is 2.85. The minimum absolute atomic E-state index is 0.682. The number of nitrogens with two attached hydrogens (primary N) is 1. The minimum Gasteiger partial charge on any atom is -0.330 e. The van der Waals surface area contributed by atoms with Gasteiger partial charge in [0.25, 0.3) is 0 Å². The first-order valence-corrected chi connectivity index (χ1v) is 6.85. The van der Waals surface area contributed by atoms with E-state index in [2.05, 4.69) is 41.6 Å². The van der Waals surface area contributed by atoms with Crippen LogP contribution >= 0.6 is 11.3 Å². The van der Waals surface area contributed by atoms with Crippen molar-refractivity contribution in [3.8, 4) is 0 Å². The summed E-state index contributed by atoms with van der Waals surface area (Å²) in [6.07, 6.45) is 2.99. The zero-order valence-corrected chi connectivity index (χ0v) is 11.0. The highest BCUT2D eigenvalue weighted by molar-refractivity contribution is 7.09. The Morgan fingerprint density at radius 3 is 2.76 bits per heavy atom. The van der Waals surface area contributed by atoms with Crippen molar-refractivity contribution in [1.82, 2.24) is 4.98 Å². The second kappa shape index (κ2) is 5.94. The van der Waals surface area contributed by atoms with Crippen molar-refractivity contribution in [2.75, 3.05) is 6.54 Å². The van der Waals surface area contributed by atoms with E-state index in [0.29, 0.717) is 6.54 Å². The van der Waals surface area contributed by atoms with Gasteiger partial charge >= 0.3 is 0 Å². The number of hydrogen-bond donors (Lipinski definition) is 1. The molecule has 0 atom stereocenters. The Kier molecular flexibility index (Phi) is 4.29. The molecule has 2 aromatic rings. The SMILES string of the molecule is Cc1ccccc1CCc1nc(CCN)cs1. The second-order valence-corrected chi connectivity index (χ2v) is 5.14. The van der Waals surface area contributed by atoms with E-state index in [1.807, 2.05) is 0 Å². The van der Waals surface area contributed by atoms with Crippen LogP contribution in [0.15, 0.2) is 29.6 Å². The largest absolute Gasteiger partial charge is 0.330 e. The maximum atomic E-state index is 5.52. The third-order valence-electron chi connectivity index (χ3n) is 2.87. The van der Waals surface area contributed by atoms with Gasteiger partial charge in [0, 0.05) is 18.2 Å². The van der Waals surface area contributed by atoms with Crippen molar-refractivity contribution in [2.24, 2.45) is 5.73 Å². The average molecular weight is 246 g/mol. The molecule has 0 fully saturated rings. The van der Waals surface area contributed by atoms with E-state index in [-0.39, 0.29) is 0 Å². The fourth-order valence-electron chi connectivity index (χ4n) is 1.86. The first kappa shape index (κ1) is 12.3. The molecule has 0 bridgehead atoms. The van der Waals surface area contributed by atoms with E-state index in [0.717, 1.165) is 25.0 Å². The minimum atomic E-state index is 0.682. The average Bonchev–Trinajstić information content (AvgIpc) is 2.76. The molecule has 1 aromatic carbocycles. The van der Waals surface area contributed by atoms with Gasteiger partial charge in [0.2, 0.25) is 0 Å². The summed E-state index contributed by atoms with van der Waals surface area (Å²) in [7, 11) is 0.